The summed E-state index contributed by atoms with van der Waals surface area (Å²) in [6, 6.07) is 0.203. The molecule has 0 unspecified atom stereocenters. The molecule has 1 aromatic heterocycles. The van der Waals surface area contributed by atoms with Gasteiger partial charge in [-0.1, -0.05) is 5.16 Å². The fourth-order valence-electron chi connectivity index (χ4n) is 1.84. The molecule has 0 atom stereocenters. The molecule has 5 heteroatoms. The van der Waals surface area contributed by atoms with E-state index in [-0.39, 0.29) is 6.04 Å². The highest BCUT2D eigenvalue weighted by Crippen LogP contribution is 2.24. The number of aromatic nitrogens is 1. The number of aryl methyl sites for hydroxylation is 1. The molecule has 5 nitrogen and oxygen atoms in total. The Morgan fingerprint density at radius 1 is 1.53 bits per heavy atom. The summed E-state index contributed by atoms with van der Waals surface area (Å²) in [6.45, 7) is 3.22. The summed E-state index contributed by atoms with van der Waals surface area (Å²) in [5.41, 5.74) is 0.761. The Hall–Kier alpha value is -1.36. The van der Waals surface area contributed by atoms with Gasteiger partial charge in [0, 0.05) is 19.3 Å². The van der Waals surface area contributed by atoms with E-state index in [2.05, 4.69) is 5.16 Å². The molecule has 1 saturated heterocycles. The molecule has 0 bridgehead atoms. The normalized spacial score (nSPS) is 17.7. The van der Waals surface area contributed by atoms with Crippen LogP contribution in [0.15, 0.2) is 10.7 Å². The van der Waals surface area contributed by atoms with Crippen molar-refractivity contribution in [3.05, 3.63) is 12.0 Å². The zero-order valence-corrected chi connectivity index (χ0v) is 8.68. The quantitative estimate of drug-likeness (QED) is 0.701. The molecule has 1 fully saturated rings. The average Bonchev–Trinajstić information content (AvgIpc) is 2.68. The zero-order chi connectivity index (χ0) is 10.7. The van der Waals surface area contributed by atoms with Crippen LogP contribution in [-0.4, -0.2) is 30.8 Å². The van der Waals surface area contributed by atoms with Crippen LogP contribution < -0.4 is 4.90 Å². The van der Waals surface area contributed by atoms with Gasteiger partial charge in [0.2, 0.25) is 6.41 Å². The van der Waals surface area contributed by atoms with E-state index in [1.165, 1.54) is 0 Å². The van der Waals surface area contributed by atoms with E-state index in [4.69, 9.17) is 9.26 Å². The molecule has 1 aromatic rings. The van der Waals surface area contributed by atoms with E-state index < -0.39 is 0 Å². The smallest absolute Gasteiger partial charge is 0.214 e. The lowest BCUT2D eigenvalue weighted by molar-refractivity contribution is -0.108. The standard InChI is InChI=1S/C10H14N2O3/c1-8-10(6-11-15-8)12(7-13)9-2-4-14-5-3-9/h6-7,9H,2-5H2,1H3. The van der Waals surface area contributed by atoms with Gasteiger partial charge in [-0.05, 0) is 19.8 Å². The molecule has 1 amide bonds. The number of ether oxygens (including phenoxy) is 1. The van der Waals surface area contributed by atoms with Crippen molar-refractivity contribution >= 4 is 12.1 Å². The van der Waals surface area contributed by atoms with Gasteiger partial charge >= 0.3 is 0 Å². The van der Waals surface area contributed by atoms with Crippen LogP contribution in [0.25, 0.3) is 0 Å². The predicted molar refractivity (Wildman–Crippen MR) is 53.6 cm³/mol. The van der Waals surface area contributed by atoms with Gasteiger partial charge in [0.05, 0.1) is 6.20 Å². The Morgan fingerprint density at radius 2 is 2.27 bits per heavy atom. The molecule has 0 spiro atoms. The van der Waals surface area contributed by atoms with Crippen molar-refractivity contribution < 1.29 is 14.1 Å². The van der Waals surface area contributed by atoms with Crippen LogP contribution >= 0.6 is 0 Å². The van der Waals surface area contributed by atoms with Crippen LogP contribution in [0.1, 0.15) is 18.6 Å². The first-order valence-corrected chi connectivity index (χ1v) is 5.05. The highest BCUT2D eigenvalue weighted by atomic mass is 16.5. The van der Waals surface area contributed by atoms with Crippen LogP contribution in [0.3, 0.4) is 0 Å². The molecular formula is C10H14N2O3. The monoisotopic (exact) mass is 210 g/mol. The molecule has 0 N–H and O–H groups in total. The van der Waals surface area contributed by atoms with Crippen LogP contribution in [-0.2, 0) is 9.53 Å². The van der Waals surface area contributed by atoms with Crippen molar-refractivity contribution in [2.45, 2.75) is 25.8 Å². The molecular weight excluding hydrogens is 196 g/mol. The minimum absolute atomic E-state index is 0.203. The fraction of sp³-hybridized carbons (Fsp3) is 0.600. The second-order valence-electron chi connectivity index (χ2n) is 3.62. The molecule has 1 aliphatic heterocycles. The van der Waals surface area contributed by atoms with Gasteiger partial charge in [-0.25, -0.2) is 0 Å². The predicted octanol–water partition coefficient (Wildman–Crippen LogP) is 1.12. The SMILES string of the molecule is Cc1oncc1N(C=O)C1CCOCC1. The zero-order valence-electron chi connectivity index (χ0n) is 8.68. The maximum atomic E-state index is 11.1. The molecule has 82 valence electrons. The first-order valence-electron chi connectivity index (χ1n) is 5.05. The first kappa shape index (κ1) is 10.2. The van der Waals surface area contributed by atoms with Gasteiger partial charge < -0.3 is 14.2 Å². The minimum atomic E-state index is 0.203. The molecule has 0 aromatic carbocycles. The third-order valence-corrected chi connectivity index (χ3v) is 2.70. The number of carbonyl (C=O) groups excluding carboxylic acids is 1. The maximum absolute atomic E-state index is 11.1. The summed E-state index contributed by atoms with van der Waals surface area (Å²) in [4.78, 5) is 12.8. The molecule has 2 heterocycles. The van der Waals surface area contributed by atoms with Gasteiger partial charge in [0.15, 0.2) is 5.76 Å². The molecule has 0 radical (unpaired) electrons. The summed E-state index contributed by atoms with van der Waals surface area (Å²) in [5.74, 6) is 0.675. The Kier molecular flexibility index (Phi) is 3.01. The lowest BCUT2D eigenvalue weighted by Crippen LogP contribution is -2.38. The highest BCUT2D eigenvalue weighted by Gasteiger charge is 2.24. The van der Waals surface area contributed by atoms with E-state index in [0.717, 1.165) is 24.9 Å². The number of hydrogen-bond donors (Lipinski definition) is 0. The molecule has 0 saturated carbocycles. The van der Waals surface area contributed by atoms with E-state index in [0.29, 0.717) is 19.0 Å². The summed E-state index contributed by atoms with van der Waals surface area (Å²) in [6.07, 6.45) is 4.15. The fourth-order valence-corrected chi connectivity index (χ4v) is 1.84. The average molecular weight is 210 g/mol. The number of anilines is 1. The van der Waals surface area contributed by atoms with Crippen LogP contribution in [0.4, 0.5) is 5.69 Å². The minimum Gasteiger partial charge on any atom is -0.381 e. The van der Waals surface area contributed by atoms with Crippen LogP contribution in [0, 0.1) is 6.92 Å². The van der Waals surface area contributed by atoms with Crippen molar-refractivity contribution in [2.75, 3.05) is 18.1 Å². The lowest BCUT2D eigenvalue weighted by Gasteiger charge is -2.30. The summed E-state index contributed by atoms with van der Waals surface area (Å²) < 4.78 is 10.2. The second-order valence-corrected chi connectivity index (χ2v) is 3.62. The lowest BCUT2D eigenvalue weighted by atomic mass is 10.1. The Balaban J connectivity index is 2.16. The number of hydrogen-bond acceptors (Lipinski definition) is 4. The summed E-state index contributed by atoms with van der Waals surface area (Å²) >= 11 is 0. The summed E-state index contributed by atoms with van der Waals surface area (Å²) in [5, 5.41) is 3.68. The van der Waals surface area contributed by atoms with Crippen molar-refractivity contribution in [1.82, 2.24) is 5.16 Å². The van der Waals surface area contributed by atoms with Crippen LogP contribution in [0.2, 0.25) is 0 Å². The van der Waals surface area contributed by atoms with Crippen molar-refractivity contribution in [3.63, 3.8) is 0 Å². The Labute approximate surface area is 88.0 Å². The number of nitrogens with zero attached hydrogens (tertiary/aromatic N) is 2. The van der Waals surface area contributed by atoms with Gasteiger partial charge in [-0.2, -0.15) is 0 Å². The molecule has 1 aliphatic rings. The number of rotatable bonds is 3. The molecule has 15 heavy (non-hydrogen) atoms. The van der Waals surface area contributed by atoms with Crippen molar-refractivity contribution in [3.8, 4) is 0 Å². The van der Waals surface area contributed by atoms with Gasteiger partial charge in [0.25, 0.3) is 0 Å². The summed E-state index contributed by atoms with van der Waals surface area (Å²) in [7, 11) is 0. The first-order chi connectivity index (χ1) is 7.33. The number of carbonyl (C=O) groups is 1. The van der Waals surface area contributed by atoms with Crippen molar-refractivity contribution in [2.24, 2.45) is 0 Å². The van der Waals surface area contributed by atoms with Gasteiger partial charge in [-0.3, -0.25) is 4.79 Å². The number of amides is 1. The topological polar surface area (TPSA) is 55.6 Å². The van der Waals surface area contributed by atoms with E-state index in [1.54, 1.807) is 18.0 Å². The Morgan fingerprint density at radius 3 is 2.80 bits per heavy atom. The third kappa shape index (κ3) is 2.02. The third-order valence-electron chi connectivity index (χ3n) is 2.70. The van der Waals surface area contributed by atoms with Crippen LogP contribution in [0.5, 0.6) is 0 Å². The van der Waals surface area contributed by atoms with E-state index in [1.807, 2.05) is 0 Å². The van der Waals surface area contributed by atoms with E-state index >= 15 is 0 Å². The maximum Gasteiger partial charge on any atom is 0.214 e. The van der Waals surface area contributed by atoms with Crippen molar-refractivity contribution in [1.29, 1.82) is 0 Å². The van der Waals surface area contributed by atoms with Gasteiger partial charge in [-0.15, -0.1) is 0 Å². The molecule has 2 rings (SSSR count). The second kappa shape index (κ2) is 4.44. The largest absolute Gasteiger partial charge is 0.381 e. The molecule has 0 aliphatic carbocycles. The Bertz CT molecular complexity index is 331. The van der Waals surface area contributed by atoms with E-state index in [9.17, 15) is 4.79 Å². The van der Waals surface area contributed by atoms with Gasteiger partial charge in [0.1, 0.15) is 5.69 Å². The highest BCUT2D eigenvalue weighted by molar-refractivity contribution is 5.76.